The standard InChI is InChI=1S/C15H21NO/c1-3-7-15(8-9-16-11-15)14(17)13-6-4-5-12(2)10-13/h4-6,10,16H,3,7-9,11H2,1-2H3. The first-order chi connectivity index (χ1) is 8.18. The van der Waals surface area contributed by atoms with Gasteiger partial charge in [0.2, 0.25) is 0 Å². The van der Waals surface area contributed by atoms with Crippen molar-refractivity contribution in [2.24, 2.45) is 5.41 Å². The van der Waals surface area contributed by atoms with Crippen LogP contribution in [0.3, 0.4) is 0 Å². The Morgan fingerprint density at radius 3 is 2.88 bits per heavy atom. The van der Waals surface area contributed by atoms with E-state index in [-0.39, 0.29) is 5.41 Å². The summed E-state index contributed by atoms with van der Waals surface area (Å²) in [6.45, 7) is 6.00. The van der Waals surface area contributed by atoms with Crippen LogP contribution in [-0.4, -0.2) is 18.9 Å². The van der Waals surface area contributed by atoms with Crippen LogP contribution < -0.4 is 5.32 Å². The number of carbonyl (C=O) groups excluding carboxylic acids is 1. The highest BCUT2D eigenvalue weighted by Gasteiger charge is 2.40. The molecule has 1 atom stereocenters. The molecule has 0 amide bonds. The Bertz CT molecular complexity index is 405. The van der Waals surface area contributed by atoms with Crippen LogP contribution in [-0.2, 0) is 0 Å². The fraction of sp³-hybridized carbons (Fsp3) is 0.533. The summed E-state index contributed by atoms with van der Waals surface area (Å²) in [5, 5.41) is 3.34. The normalized spacial score (nSPS) is 23.9. The number of hydrogen-bond donors (Lipinski definition) is 1. The van der Waals surface area contributed by atoms with Crippen LogP contribution in [0.25, 0.3) is 0 Å². The Morgan fingerprint density at radius 2 is 2.29 bits per heavy atom. The van der Waals surface area contributed by atoms with Crippen molar-refractivity contribution in [3.05, 3.63) is 35.4 Å². The SMILES string of the molecule is CCCC1(C(=O)c2cccc(C)c2)CCNC1. The minimum absolute atomic E-state index is 0.150. The smallest absolute Gasteiger partial charge is 0.170 e. The molecule has 0 radical (unpaired) electrons. The Morgan fingerprint density at radius 1 is 1.47 bits per heavy atom. The maximum atomic E-state index is 12.7. The molecule has 1 fully saturated rings. The number of Topliss-reactive ketones (excluding diaryl/α,β-unsaturated/α-hetero) is 1. The van der Waals surface area contributed by atoms with Crippen LogP contribution in [0.15, 0.2) is 24.3 Å². The molecule has 0 spiro atoms. The van der Waals surface area contributed by atoms with Gasteiger partial charge in [-0.05, 0) is 32.4 Å². The summed E-state index contributed by atoms with van der Waals surface area (Å²) < 4.78 is 0. The number of benzene rings is 1. The van der Waals surface area contributed by atoms with Crippen molar-refractivity contribution in [1.82, 2.24) is 5.32 Å². The number of rotatable bonds is 4. The number of ketones is 1. The van der Waals surface area contributed by atoms with Crippen molar-refractivity contribution in [3.8, 4) is 0 Å². The van der Waals surface area contributed by atoms with Crippen LogP contribution in [0.2, 0.25) is 0 Å². The van der Waals surface area contributed by atoms with E-state index in [1.54, 1.807) is 0 Å². The lowest BCUT2D eigenvalue weighted by Crippen LogP contribution is -2.33. The summed E-state index contributed by atoms with van der Waals surface area (Å²) in [5.74, 6) is 0.327. The summed E-state index contributed by atoms with van der Waals surface area (Å²) in [5.41, 5.74) is 1.89. The fourth-order valence-corrected chi connectivity index (χ4v) is 2.84. The van der Waals surface area contributed by atoms with Gasteiger partial charge in [0.05, 0.1) is 0 Å². The van der Waals surface area contributed by atoms with Crippen LogP contribution in [0.1, 0.15) is 42.1 Å². The Hall–Kier alpha value is -1.15. The Labute approximate surface area is 103 Å². The highest BCUT2D eigenvalue weighted by atomic mass is 16.1. The maximum absolute atomic E-state index is 12.7. The largest absolute Gasteiger partial charge is 0.316 e. The van der Waals surface area contributed by atoms with Gasteiger partial charge in [0, 0.05) is 17.5 Å². The highest BCUT2D eigenvalue weighted by molar-refractivity contribution is 6.01. The van der Waals surface area contributed by atoms with Crippen molar-refractivity contribution >= 4 is 5.78 Å². The van der Waals surface area contributed by atoms with Gasteiger partial charge < -0.3 is 5.32 Å². The van der Waals surface area contributed by atoms with E-state index in [0.29, 0.717) is 5.78 Å². The van der Waals surface area contributed by atoms with Gasteiger partial charge in [-0.3, -0.25) is 4.79 Å². The molecule has 1 aliphatic rings. The monoisotopic (exact) mass is 231 g/mol. The molecule has 2 rings (SSSR count). The molecule has 2 heteroatoms. The molecule has 1 aromatic carbocycles. The summed E-state index contributed by atoms with van der Waals surface area (Å²) in [7, 11) is 0. The quantitative estimate of drug-likeness (QED) is 0.807. The van der Waals surface area contributed by atoms with Crippen molar-refractivity contribution in [2.45, 2.75) is 33.1 Å². The van der Waals surface area contributed by atoms with E-state index < -0.39 is 0 Å². The molecule has 1 saturated heterocycles. The van der Waals surface area contributed by atoms with Crippen molar-refractivity contribution in [1.29, 1.82) is 0 Å². The van der Waals surface area contributed by atoms with E-state index >= 15 is 0 Å². The molecule has 2 nitrogen and oxygen atoms in total. The third kappa shape index (κ3) is 2.42. The van der Waals surface area contributed by atoms with E-state index in [0.717, 1.165) is 43.5 Å². The maximum Gasteiger partial charge on any atom is 0.170 e. The second-order valence-corrected chi connectivity index (χ2v) is 5.16. The number of nitrogens with one attached hydrogen (secondary N) is 1. The van der Waals surface area contributed by atoms with Gasteiger partial charge in [-0.15, -0.1) is 0 Å². The number of hydrogen-bond acceptors (Lipinski definition) is 2. The predicted molar refractivity (Wildman–Crippen MR) is 70.3 cm³/mol. The minimum atomic E-state index is -0.150. The van der Waals surface area contributed by atoms with Gasteiger partial charge >= 0.3 is 0 Å². The van der Waals surface area contributed by atoms with Crippen molar-refractivity contribution in [3.63, 3.8) is 0 Å². The minimum Gasteiger partial charge on any atom is -0.316 e. The molecular formula is C15H21NO. The Kier molecular flexibility index (Phi) is 3.63. The summed E-state index contributed by atoms with van der Waals surface area (Å²) in [4.78, 5) is 12.7. The third-order valence-electron chi connectivity index (χ3n) is 3.73. The lowest BCUT2D eigenvalue weighted by Gasteiger charge is -2.26. The predicted octanol–water partition coefficient (Wildman–Crippen LogP) is 2.96. The van der Waals surface area contributed by atoms with E-state index in [4.69, 9.17) is 0 Å². The third-order valence-corrected chi connectivity index (χ3v) is 3.73. The molecule has 0 aliphatic carbocycles. The first-order valence-corrected chi connectivity index (χ1v) is 6.50. The lowest BCUT2D eigenvalue weighted by molar-refractivity contribution is 0.0801. The first kappa shape index (κ1) is 12.3. The van der Waals surface area contributed by atoms with Gasteiger partial charge in [0.15, 0.2) is 5.78 Å². The molecule has 0 saturated carbocycles. The van der Waals surface area contributed by atoms with Crippen LogP contribution >= 0.6 is 0 Å². The second-order valence-electron chi connectivity index (χ2n) is 5.16. The summed E-state index contributed by atoms with van der Waals surface area (Å²) in [6, 6.07) is 7.98. The molecule has 92 valence electrons. The molecular weight excluding hydrogens is 210 g/mol. The van der Waals surface area contributed by atoms with Crippen molar-refractivity contribution < 1.29 is 4.79 Å². The van der Waals surface area contributed by atoms with Gasteiger partial charge in [-0.2, -0.15) is 0 Å². The van der Waals surface area contributed by atoms with E-state index in [1.165, 1.54) is 0 Å². The topological polar surface area (TPSA) is 29.1 Å². The zero-order valence-corrected chi connectivity index (χ0v) is 10.8. The number of aryl methyl sites for hydroxylation is 1. The molecule has 17 heavy (non-hydrogen) atoms. The van der Waals surface area contributed by atoms with Gasteiger partial charge in [0.1, 0.15) is 0 Å². The summed E-state index contributed by atoms with van der Waals surface area (Å²) >= 11 is 0. The molecule has 1 heterocycles. The van der Waals surface area contributed by atoms with Gasteiger partial charge in [0.25, 0.3) is 0 Å². The van der Waals surface area contributed by atoms with Crippen LogP contribution in [0.4, 0.5) is 0 Å². The molecule has 1 aliphatic heterocycles. The molecule has 1 N–H and O–H groups in total. The zero-order valence-electron chi connectivity index (χ0n) is 10.8. The van der Waals surface area contributed by atoms with Crippen LogP contribution in [0, 0.1) is 12.3 Å². The summed E-state index contributed by atoms with van der Waals surface area (Å²) in [6.07, 6.45) is 3.04. The molecule has 1 unspecified atom stereocenters. The van der Waals surface area contributed by atoms with Gasteiger partial charge in [-0.1, -0.05) is 37.1 Å². The van der Waals surface area contributed by atoms with E-state index in [9.17, 15) is 4.79 Å². The average Bonchev–Trinajstić information content (AvgIpc) is 2.78. The zero-order chi connectivity index (χ0) is 12.3. The Balaban J connectivity index is 2.28. The number of carbonyl (C=O) groups is 1. The van der Waals surface area contributed by atoms with E-state index in [1.807, 2.05) is 31.2 Å². The van der Waals surface area contributed by atoms with Crippen LogP contribution in [0.5, 0.6) is 0 Å². The molecule has 0 aromatic heterocycles. The lowest BCUT2D eigenvalue weighted by atomic mass is 9.76. The first-order valence-electron chi connectivity index (χ1n) is 6.50. The molecule has 0 bridgehead atoms. The van der Waals surface area contributed by atoms with Gasteiger partial charge in [-0.25, -0.2) is 0 Å². The van der Waals surface area contributed by atoms with E-state index in [2.05, 4.69) is 12.2 Å². The fourth-order valence-electron chi connectivity index (χ4n) is 2.84. The highest BCUT2D eigenvalue weighted by Crippen LogP contribution is 2.34. The second kappa shape index (κ2) is 5.01. The van der Waals surface area contributed by atoms with Crippen molar-refractivity contribution in [2.75, 3.05) is 13.1 Å². The average molecular weight is 231 g/mol. The molecule has 1 aromatic rings.